The molecule has 1 unspecified atom stereocenters. The number of nitrogens with one attached hydrogen (secondary N) is 2. The SMILES string of the molecule is Cc1cc(C(=O)NC(C)c2ccccc2)nc(Nc2ccc(F)cc2F)n1. The Labute approximate surface area is 155 Å². The lowest BCUT2D eigenvalue weighted by molar-refractivity contribution is 0.0934. The third-order valence-electron chi connectivity index (χ3n) is 3.91. The van der Waals surface area contributed by atoms with Crippen molar-refractivity contribution in [2.75, 3.05) is 5.32 Å². The summed E-state index contributed by atoms with van der Waals surface area (Å²) < 4.78 is 26.8. The van der Waals surface area contributed by atoms with Crippen molar-refractivity contribution in [2.45, 2.75) is 19.9 Å². The van der Waals surface area contributed by atoms with E-state index in [0.717, 1.165) is 17.7 Å². The first-order chi connectivity index (χ1) is 12.9. The summed E-state index contributed by atoms with van der Waals surface area (Å²) in [6.07, 6.45) is 0. The molecule has 0 saturated carbocycles. The molecule has 0 saturated heterocycles. The third-order valence-corrected chi connectivity index (χ3v) is 3.91. The van der Waals surface area contributed by atoms with Crippen molar-refractivity contribution >= 4 is 17.5 Å². The molecule has 0 spiro atoms. The van der Waals surface area contributed by atoms with Crippen LogP contribution in [0.2, 0.25) is 0 Å². The molecule has 0 aliphatic heterocycles. The number of aryl methyl sites for hydroxylation is 1. The van der Waals surface area contributed by atoms with Crippen LogP contribution >= 0.6 is 0 Å². The molecule has 3 rings (SSSR count). The fourth-order valence-electron chi connectivity index (χ4n) is 2.55. The zero-order chi connectivity index (χ0) is 19.4. The van der Waals surface area contributed by atoms with E-state index >= 15 is 0 Å². The quantitative estimate of drug-likeness (QED) is 0.705. The first-order valence-electron chi connectivity index (χ1n) is 8.36. The van der Waals surface area contributed by atoms with Gasteiger partial charge in [0.15, 0.2) is 0 Å². The molecular formula is C20H18F2N4O. The number of anilines is 2. The summed E-state index contributed by atoms with van der Waals surface area (Å²) >= 11 is 0. The largest absolute Gasteiger partial charge is 0.344 e. The summed E-state index contributed by atoms with van der Waals surface area (Å²) in [5, 5.41) is 5.55. The van der Waals surface area contributed by atoms with Gasteiger partial charge >= 0.3 is 0 Å². The van der Waals surface area contributed by atoms with Crippen LogP contribution in [0.3, 0.4) is 0 Å². The van der Waals surface area contributed by atoms with Gasteiger partial charge in [-0.3, -0.25) is 4.79 Å². The Morgan fingerprint density at radius 2 is 1.78 bits per heavy atom. The highest BCUT2D eigenvalue weighted by molar-refractivity contribution is 5.93. The number of nitrogens with zero attached hydrogens (tertiary/aromatic N) is 2. The summed E-state index contributed by atoms with van der Waals surface area (Å²) in [5.74, 6) is -1.78. The van der Waals surface area contributed by atoms with Gasteiger partial charge in [0.05, 0.1) is 11.7 Å². The van der Waals surface area contributed by atoms with Crippen molar-refractivity contribution in [3.63, 3.8) is 0 Å². The van der Waals surface area contributed by atoms with Gasteiger partial charge in [0.25, 0.3) is 5.91 Å². The van der Waals surface area contributed by atoms with Crippen molar-refractivity contribution in [1.82, 2.24) is 15.3 Å². The maximum atomic E-state index is 13.8. The molecule has 5 nitrogen and oxygen atoms in total. The summed E-state index contributed by atoms with van der Waals surface area (Å²) in [5.41, 5.74) is 1.66. The van der Waals surface area contributed by atoms with Gasteiger partial charge in [-0.1, -0.05) is 30.3 Å². The van der Waals surface area contributed by atoms with Gasteiger partial charge < -0.3 is 10.6 Å². The van der Waals surface area contributed by atoms with Crippen molar-refractivity contribution in [3.8, 4) is 0 Å². The Bertz CT molecular complexity index is 963. The fourth-order valence-corrected chi connectivity index (χ4v) is 2.55. The van der Waals surface area contributed by atoms with E-state index in [0.29, 0.717) is 5.69 Å². The van der Waals surface area contributed by atoms with E-state index in [-0.39, 0.29) is 29.3 Å². The van der Waals surface area contributed by atoms with Gasteiger partial charge in [-0.2, -0.15) is 0 Å². The number of rotatable bonds is 5. The van der Waals surface area contributed by atoms with Crippen molar-refractivity contribution in [1.29, 1.82) is 0 Å². The molecule has 0 aliphatic carbocycles. The maximum absolute atomic E-state index is 13.8. The van der Waals surface area contributed by atoms with Crippen LogP contribution in [0.1, 0.15) is 34.7 Å². The molecule has 0 radical (unpaired) electrons. The van der Waals surface area contributed by atoms with Crippen LogP contribution in [-0.2, 0) is 0 Å². The predicted octanol–water partition coefficient (Wildman–Crippen LogP) is 4.30. The molecule has 3 aromatic rings. The number of hydrogen-bond acceptors (Lipinski definition) is 4. The van der Waals surface area contributed by atoms with Crippen LogP contribution in [-0.4, -0.2) is 15.9 Å². The van der Waals surface area contributed by atoms with Crippen LogP contribution in [0.15, 0.2) is 54.6 Å². The highest BCUT2D eigenvalue weighted by Gasteiger charge is 2.15. The standard InChI is InChI=1S/C20H18F2N4O/c1-12-10-18(19(27)24-13(2)14-6-4-3-5-7-14)26-20(23-12)25-17-9-8-15(21)11-16(17)22/h3-11,13H,1-2H3,(H,24,27)(H,23,25,26). The lowest BCUT2D eigenvalue weighted by atomic mass is 10.1. The summed E-state index contributed by atoms with van der Waals surface area (Å²) in [6.45, 7) is 3.57. The van der Waals surface area contributed by atoms with E-state index in [1.165, 1.54) is 6.07 Å². The molecule has 0 bridgehead atoms. The maximum Gasteiger partial charge on any atom is 0.270 e. The predicted molar refractivity (Wildman–Crippen MR) is 98.7 cm³/mol. The highest BCUT2D eigenvalue weighted by atomic mass is 19.1. The molecule has 1 amide bonds. The van der Waals surface area contributed by atoms with Crippen LogP contribution in [0, 0.1) is 18.6 Å². The number of carbonyl (C=O) groups is 1. The van der Waals surface area contributed by atoms with Crippen LogP contribution in [0.25, 0.3) is 0 Å². The highest BCUT2D eigenvalue weighted by Crippen LogP contribution is 2.19. The van der Waals surface area contributed by atoms with E-state index < -0.39 is 11.6 Å². The molecule has 1 aromatic heterocycles. The first-order valence-corrected chi connectivity index (χ1v) is 8.36. The molecule has 0 fully saturated rings. The Hall–Kier alpha value is -3.35. The Kier molecular flexibility index (Phi) is 5.40. The normalized spacial score (nSPS) is 11.7. The molecule has 1 heterocycles. The summed E-state index contributed by atoms with van der Waals surface area (Å²) in [6, 6.07) is 14.0. The van der Waals surface area contributed by atoms with Crippen LogP contribution in [0.4, 0.5) is 20.4 Å². The number of halogens is 2. The van der Waals surface area contributed by atoms with E-state index in [9.17, 15) is 13.6 Å². The summed E-state index contributed by atoms with van der Waals surface area (Å²) in [4.78, 5) is 20.8. The number of amides is 1. The van der Waals surface area contributed by atoms with Crippen molar-refractivity contribution in [2.24, 2.45) is 0 Å². The molecule has 0 aliphatic rings. The number of aromatic nitrogens is 2. The fraction of sp³-hybridized carbons (Fsp3) is 0.150. The zero-order valence-corrected chi connectivity index (χ0v) is 14.8. The topological polar surface area (TPSA) is 66.9 Å². The van der Waals surface area contributed by atoms with Gasteiger partial charge in [0, 0.05) is 11.8 Å². The molecule has 2 aromatic carbocycles. The van der Waals surface area contributed by atoms with E-state index in [1.807, 2.05) is 37.3 Å². The molecule has 1 atom stereocenters. The van der Waals surface area contributed by atoms with E-state index in [2.05, 4.69) is 20.6 Å². The second kappa shape index (κ2) is 7.90. The monoisotopic (exact) mass is 368 g/mol. The van der Waals surface area contributed by atoms with Crippen LogP contribution < -0.4 is 10.6 Å². The lowest BCUT2D eigenvalue weighted by Gasteiger charge is -2.14. The number of carbonyl (C=O) groups excluding carboxylic acids is 1. The number of benzene rings is 2. The van der Waals surface area contributed by atoms with Crippen molar-refractivity contribution in [3.05, 3.63) is 83.2 Å². The minimum absolute atomic E-state index is 0.0195. The lowest BCUT2D eigenvalue weighted by Crippen LogP contribution is -2.27. The average molecular weight is 368 g/mol. The average Bonchev–Trinajstić information content (AvgIpc) is 2.64. The zero-order valence-electron chi connectivity index (χ0n) is 14.8. The minimum Gasteiger partial charge on any atom is -0.344 e. The minimum atomic E-state index is -0.774. The first kappa shape index (κ1) is 18.4. The van der Waals surface area contributed by atoms with Gasteiger partial charge in [-0.05, 0) is 37.6 Å². The second-order valence-corrected chi connectivity index (χ2v) is 6.07. The molecular weight excluding hydrogens is 350 g/mol. The van der Waals surface area contributed by atoms with Gasteiger partial charge in [-0.15, -0.1) is 0 Å². The molecule has 7 heteroatoms. The molecule has 2 N–H and O–H groups in total. The van der Waals surface area contributed by atoms with Crippen LogP contribution in [0.5, 0.6) is 0 Å². The van der Waals surface area contributed by atoms with Gasteiger partial charge in [0.2, 0.25) is 5.95 Å². The molecule has 138 valence electrons. The van der Waals surface area contributed by atoms with E-state index in [4.69, 9.17) is 0 Å². The number of hydrogen-bond donors (Lipinski definition) is 2. The van der Waals surface area contributed by atoms with Gasteiger partial charge in [0.1, 0.15) is 17.3 Å². The second-order valence-electron chi connectivity index (χ2n) is 6.07. The smallest absolute Gasteiger partial charge is 0.270 e. The third kappa shape index (κ3) is 4.63. The molecule has 27 heavy (non-hydrogen) atoms. The van der Waals surface area contributed by atoms with Gasteiger partial charge in [-0.25, -0.2) is 18.7 Å². The Morgan fingerprint density at radius 3 is 2.48 bits per heavy atom. The van der Waals surface area contributed by atoms with Crippen molar-refractivity contribution < 1.29 is 13.6 Å². The van der Waals surface area contributed by atoms with E-state index in [1.54, 1.807) is 13.0 Å². The summed E-state index contributed by atoms with van der Waals surface area (Å²) in [7, 11) is 0. The Morgan fingerprint density at radius 1 is 1.04 bits per heavy atom. The Balaban J connectivity index is 1.79.